The van der Waals surface area contributed by atoms with Gasteiger partial charge in [-0.15, -0.1) is 0 Å². The molecular weight excluding hydrogens is 584 g/mol. The minimum atomic E-state index is -0.681. The lowest BCUT2D eigenvalue weighted by atomic mass is 9.90. The van der Waals surface area contributed by atoms with Gasteiger partial charge in [-0.2, -0.15) is 0 Å². The number of carbonyl (C=O) groups excluding carboxylic acids is 3. The van der Waals surface area contributed by atoms with Crippen molar-refractivity contribution in [3.05, 3.63) is 106 Å². The summed E-state index contributed by atoms with van der Waals surface area (Å²) in [6.45, 7) is 9.22. The average Bonchev–Trinajstić information content (AvgIpc) is 3.60. The number of rotatable bonds is 8. The van der Waals surface area contributed by atoms with E-state index in [9.17, 15) is 19.5 Å². The second kappa shape index (κ2) is 13.1. The van der Waals surface area contributed by atoms with Crippen LogP contribution in [0.15, 0.2) is 72.8 Å². The number of aliphatic hydroxyl groups is 1. The van der Waals surface area contributed by atoms with Crippen LogP contribution in [0.25, 0.3) is 0 Å². The molecule has 46 heavy (non-hydrogen) atoms. The molecule has 9 nitrogen and oxygen atoms in total. The van der Waals surface area contributed by atoms with Gasteiger partial charge in [-0.1, -0.05) is 67.6 Å². The van der Waals surface area contributed by atoms with Crippen molar-refractivity contribution in [1.29, 1.82) is 0 Å². The van der Waals surface area contributed by atoms with Crippen LogP contribution in [-0.2, 0) is 32.2 Å². The molecule has 0 saturated carbocycles. The Labute approximate surface area is 270 Å². The van der Waals surface area contributed by atoms with E-state index in [4.69, 9.17) is 14.2 Å². The predicted molar refractivity (Wildman–Crippen MR) is 170 cm³/mol. The lowest BCUT2D eigenvalue weighted by molar-refractivity contribution is -0.276. The fraction of sp³-hybridized carbons (Fsp3) is 0.432. The van der Waals surface area contributed by atoms with Gasteiger partial charge in [-0.25, -0.2) is 0 Å². The van der Waals surface area contributed by atoms with Crippen LogP contribution in [0.5, 0.6) is 0 Å². The molecule has 9 heteroatoms. The molecule has 2 amide bonds. The number of likely N-dealkylation sites (tertiary alicyclic amines) is 1. The third-order valence-electron chi connectivity index (χ3n) is 9.05. The van der Waals surface area contributed by atoms with Gasteiger partial charge in [0, 0.05) is 18.0 Å². The third-order valence-corrected chi connectivity index (χ3v) is 9.05. The van der Waals surface area contributed by atoms with Gasteiger partial charge in [0.15, 0.2) is 6.29 Å². The van der Waals surface area contributed by atoms with E-state index >= 15 is 0 Å². The number of fused-ring (bicyclic) bond motifs is 1. The Hall–Kier alpha value is -3.89. The number of esters is 1. The summed E-state index contributed by atoms with van der Waals surface area (Å²) in [5, 5.41) is 9.58. The maximum absolute atomic E-state index is 13.1. The van der Waals surface area contributed by atoms with Gasteiger partial charge < -0.3 is 19.3 Å². The van der Waals surface area contributed by atoms with Crippen molar-refractivity contribution >= 4 is 17.8 Å². The van der Waals surface area contributed by atoms with Gasteiger partial charge in [-0.3, -0.25) is 24.2 Å². The molecule has 0 aromatic heterocycles. The summed E-state index contributed by atoms with van der Waals surface area (Å²) < 4.78 is 19.0. The molecule has 1 N–H and O–H groups in total. The van der Waals surface area contributed by atoms with E-state index in [1.165, 1.54) is 4.90 Å². The summed E-state index contributed by atoms with van der Waals surface area (Å²) in [4.78, 5) is 42.3. The Morgan fingerprint density at radius 3 is 2.11 bits per heavy atom. The normalized spacial score (nSPS) is 25.2. The summed E-state index contributed by atoms with van der Waals surface area (Å²) in [6, 6.07) is 21.9. The number of carbonyl (C=O) groups is 3. The van der Waals surface area contributed by atoms with Crippen LogP contribution in [0, 0.1) is 5.92 Å². The second-order valence-electron chi connectivity index (χ2n) is 13.5. The number of amides is 2. The molecule has 6 rings (SSSR count). The van der Waals surface area contributed by atoms with Crippen molar-refractivity contribution in [2.75, 3.05) is 13.1 Å². The molecule has 242 valence electrons. The molecular formula is C37H42N2O7. The molecule has 3 aliphatic heterocycles. The minimum Gasteiger partial charge on any atom is -0.459 e. The smallest absolute Gasteiger partial charge is 0.323 e. The lowest BCUT2D eigenvalue weighted by Crippen LogP contribution is -2.48. The van der Waals surface area contributed by atoms with Crippen LogP contribution in [0.1, 0.15) is 95.9 Å². The summed E-state index contributed by atoms with van der Waals surface area (Å²) in [7, 11) is 0. The first-order chi connectivity index (χ1) is 22.0. The quantitative estimate of drug-likeness (QED) is 0.256. The Balaban J connectivity index is 1.21. The van der Waals surface area contributed by atoms with Crippen molar-refractivity contribution in [3.63, 3.8) is 0 Å². The van der Waals surface area contributed by atoms with Gasteiger partial charge in [0.25, 0.3) is 11.8 Å². The molecule has 0 radical (unpaired) electrons. The fourth-order valence-corrected chi connectivity index (χ4v) is 6.59. The van der Waals surface area contributed by atoms with Gasteiger partial charge in [0.05, 0.1) is 36.5 Å². The summed E-state index contributed by atoms with van der Waals surface area (Å²) in [5.41, 5.74) is 3.72. The molecule has 2 fully saturated rings. The second-order valence-corrected chi connectivity index (χ2v) is 13.5. The van der Waals surface area contributed by atoms with Crippen molar-refractivity contribution in [3.8, 4) is 0 Å². The zero-order valence-electron chi connectivity index (χ0n) is 26.8. The van der Waals surface area contributed by atoms with E-state index in [-0.39, 0.29) is 55.1 Å². The average molecular weight is 627 g/mol. The standard InChI is InChI=1S/C37H42N2O7/c1-23-31(21-38-19-7-10-30(38)35(43)46-37(2,3)4)44-36(45-32(23)26-15-13-25(22-40)14-16-26)27-17-11-24(12-18-27)20-39-33(41)28-8-5-6-9-29(28)34(39)42/h5-6,8-9,11-18,23,30-32,36,40H,7,10,19-22H2,1-4H3. The first kappa shape index (κ1) is 32.1. The van der Waals surface area contributed by atoms with Gasteiger partial charge in [0.1, 0.15) is 11.6 Å². The summed E-state index contributed by atoms with van der Waals surface area (Å²) in [6.07, 6.45) is 0.432. The molecule has 5 unspecified atom stereocenters. The fourth-order valence-electron chi connectivity index (χ4n) is 6.59. The van der Waals surface area contributed by atoms with Crippen molar-refractivity contribution in [2.24, 2.45) is 5.92 Å². The molecule has 2 saturated heterocycles. The molecule has 3 aromatic carbocycles. The van der Waals surface area contributed by atoms with Crippen LogP contribution in [0.4, 0.5) is 0 Å². The van der Waals surface area contributed by atoms with Gasteiger partial charge in [0.2, 0.25) is 0 Å². The summed E-state index contributed by atoms with van der Waals surface area (Å²) in [5.74, 6) is -0.820. The highest BCUT2D eigenvalue weighted by Crippen LogP contribution is 2.42. The number of ether oxygens (including phenoxy) is 3. The first-order valence-corrected chi connectivity index (χ1v) is 16.0. The highest BCUT2D eigenvalue weighted by molar-refractivity contribution is 6.21. The van der Waals surface area contributed by atoms with Crippen LogP contribution in [0.3, 0.4) is 0 Å². The predicted octanol–water partition coefficient (Wildman–Crippen LogP) is 5.57. The van der Waals surface area contributed by atoms with Crippen molar-refractivity contribution < 1.29 is 33.7 Å². The highest BCUT2D eigenvalue weighted by Gasteiger charge is 2.42. The van der Waals surface area contributed by atoms with E-state index in [1.54, 1.807) is 24.3 Å². The Morgan fingerprint density at radius 2 is 1.50 bits per heavy atom. The molecule has 5 atom stereocenters. The highest BCUT2D eigenvalue weighted by atomic mass is 16.7. The van der Waals surface area contributed by atoms with Crippen molar-refractivity contribution in [1.82, 2.24) is 9.80 Å². The van der Waals surface area contributed by atoms with E-state index in [0.717, 1.165) is 41.6 Å². The van der Waals surface area contributed by atoms with Crippen molar-refractivity contribution in [2.45, 2.75) is 83.8 Å². The molecule has 0 spiro atoms. The number of aliphatic hydroxyl groups excluding tert-OH is 1. The topological polar surface area (TPSA) is 106 Å². The zero-order valence-corrected chi connectivity index (χ0v) is 26.8. The van der Waals surface area contributed by atoms with Crippen LogP contribution < -0.4 is 0 Å². The minimum absolute atomic E-state index is 0.0378. The van der Waals surface area contributed by atoms with E-state index < -0.39 is 11.9 Å². The van der Waals surface area contributed by atoms with E-state index in [2.05, 4.69) is 11.8 Å². The Morgan fingerprint density at radius 1 is 0.891 bits per heavy atom. The Bertz CT molecular complexity index is 1550. The number of benzene rings is 3. The maximum atomic E-state index is 13.1. The van der Waals surface area contributed by atoms with Crippen LogP contribution in [-0.4, -0.2) is 63.5 Å². The van der Waals surface area contributed by atoms with E-state index in [1.807, 2.05) is 69.3 Å². The number of hydrogen-bond acceptors (Lipinski definition) is 8. The molecule has 3 aliphatic rings. The van der Waals surface area contributed by atoms with Gasteiger partial charge >= 0.3 is 5.97 Å². The number of imide groups is 1. The third kappa shape index (κ3) is 6.64. The summed E-state index contributed by atoms with van der Waals surface area (Å²) >= 11 is 0. The van der Waals surface area contributed by atoms with Gasteiger partial charge in [-0.05, 0) is 69.0 Å². The largest absolute Gasteiger partial charge is 0.459 e. The van der Waals surface area contributed by atoms with E-state index in [0.29, 0.717) is 17.7 Å². The van der Waals surface area contributed by atoms with Crippen LogP contribution >= 0.6 is 0 Å². The maximum Gasteiger partial charge on any atom is 0.323 e. The first-order valence-electron chi connectivity index (χ1n) is 16.0. The zero-order chi connectivity index (χ0) is 32.6. The van der Waals surface area contributed by atoms with Crippen LogP contribution in [0.2, 0.25) is 0 Å². The number of hydrogen-bond donors (Lipinski definition) is 1. The molecule has 3 aromatic rings. The molecule has 0 bridgehead atoms. The molecule has 3 heterocycles. The Kier molecular flexibility index (Phi) is 9.12. The number of nitrogens with zero attached hydrogens (tertiary/aromatic N) is 2. The lowest BCUT2D eigenvalue weighted by Gasteiger charge is -2.43. The monoisotopic (exact) mass is 626 g/mol. The molecule has 0 aliphatic carbocycles. The SMILES string of the molecule is CC1C(CN2CCCC2C(=O)OC(C)(C)C)OC(c2ccc(CN3C(=O)c4ccccc4C3=O)cc2)OC1c1ccc(CO)cc1.